The normalized spacial score (nSPS) is 21.7. The minimum atomic E-state index is -3.02. The molecule has 8 heteroatoms. The first-order valence-electron chi connectivity index (χ1n) is 6.39. The number of alkyl halides is 2. The van der Waals surface area contributed by atoms with Gasteiger partial charge in [0, 0.05) is 13.5 Å². The van der Waals surface area contributed by atoms with Crippen LogP contribution in [-0.4, -0.2) is 40.8 Å². The van der Waals surface area contributed by atoms with Crippen LogP contribution in [0.1, 0.15) is 30.7 Å². The quantitative estimate of drug-likeness (QED) is 0.782. The van der Waals surface area contributed by atoms with E-state index in [0.29, 0.717) is 18.5 Å². The SMILES string of the molecule is COC(=O)COC1CCc2c(nnn2C)C(F)(F)CC1. The maximum atomic E-state index is 14.0. The number of carbonyl (C=O) groups is 1. The van der Waals surface area contributed by atoms with Crippen LogP contribution in [0, 0.1) is 0 Å². The van der Waals surface area contributed by atoms with Gasteiger partial charge in [0.15, 0.2) is 5.69 Å². The van der Waals surface area contributed by atoms with E-state index in [-0.39, 0.29) is 25.1 Å². The molecule has 1 aliphatic rings. The highest BCUT2D eigenvalue weighted by Crippen LogP contribution is 2.37. The van der Waals surface area contributed by atoms with Gasteiger partial charge in [0.05, 0.1) is 18.9 Å². The molecule has 0 fully saturated rings. The number of nitrogens with zero attached hydrogens (tertiary/aromatic N) is 3. The Morgan fingerprint density at radius 3 is 2.95 bits per heavy atom. The lowest BCUT2D eigenvalue weighted by Gasteiger charge is -2.24. The van der Waals surface area contributed by atoms with Crippen LogP contribution in [0.2, 0.25) is 0 Å². The van der Waals surface area contributed by atoms with Crippen molar-refractivity contribution in [2.24, 2.45) is 7.05 Å². The Bertz CT molecular complexity index is 490. The van der Waals surface area contributed by atoms with E-state index < -0.39 is 18.0 Å². The fraction of sp³-hybridized carbons (Fsp3) is 0.750. The van der Waals surface area contributed by atoms with Crippen molar-refractivity contribution in [3.8, 4) is 0 Å². The Labute approximate surface area is 115 Å². The lowest BCUT2D eigenvalue weighted by atomic mass is 9.96. The van der Waals surface area contributed by atoms with E-state index in [1.807, 2.05) is 0 Å². The summed E-state index contributed by atoms with van der Waals surface area (Å²) >= 11 is 0. The Hall–Kier alpha value is -1.57. The molecular weight excluding hydrogens is 272 g/mol. The molecule has 1 aromatic rings. The minimum absolute atomic E-state index is 0.167. The van der Waals surface area contributed by atoms with Crippen molar-refractivity contribution in [2.75, 3.05) is 13.7 Å². The number of rotatable bonds is 3. The second-order valence-corrected chi connectivity index (χ2v) is 4.80. The van der Waals surface area contributed by atoms with Gasteiger partial charge in [0.25, 0.3) is 5.92 Å². The monoisotopic (exact) mass is 289 g/mol. The van der Waals surface area contributed by atoms with Gasteiger partial charge in [0.2, 0.25) is 0 Å². The lowest BCUT2D eigenvalue weighted by molar-refractivity contribution is -0.148. The summed E-state index contributed by atoms with van der Waals surface area (Å²) in [5, 5.41) is 7.23. The second-order valence-electron chi connectivity index (χ2n) is 4.80. The van der Waals surface area contributed by atoms with Gasteiger partial charge in [-0.3, -0.25) is 4.68 Å². The van der Waals surface area contributed by atoms with E-state index in [4.69, 9.17) is 4.74 Å². The predicted octanol–water partition coefficient (Wildman–Crippen LogP) is 1.19. The summed E-state index contributed by atoms with van der Waals surface area (Å²) in [6.45, 7) is -0.219. The van der Waals surface area contributed by atoms with Crippen molar-refractivity contribution in [3.05, 3.63) is 11.4 Å². The van der Waals surface area contributed by atoms with Crippen molar-refractivity contribution in [3.63, 3.8) is 0 Å². The molecule has 0 aromatic carbocycles. The van der Waals surface area contributed by atoms with Gasteiger partial charge in [-0.25, -0.2) is 4.79 Å². The summed E-state index contributed by atoms with van der Waals surface area (Å²) in [5.74, 6) is -3.53. The van der Waals surface area contributed by atoms with Crippen LogP contribution in [0.5, 0.6) is 0 Å². The highest BCUT2D eigenvalue weighted by atomic mass is 19.3. The summed E-state index contributed by atoms with van der Waals surface area (Å²) in [7, 11) is 2.85. The number of esters is 1. The van der Waals surface area contributed by atoms with Crippen molar-refractivity contribution < 1.29 is 23.0 Å². The zero-order valence-corrected chi connectivity index (χ0v) is 11.4. The van der Waals surface area contributed by atoms with E-state index in [0.717, 1.165) is 0 Å². The number of halogens is 2. The summed E-state index contributed by atoms with van der Waals surface area (Å²) in [6.07, 6.45) is 0.328. The molecule has 1 aromatic heterocycles. The van der Waals surface area contributed by atoms with Gasteiger partial charge >= 0.3 is 5.97 Å². The molecule has 6 nitrogen and oxygen atoms in total. The number of hydrogen-bond acceptors (Lipinski definition) is 5. The highest BCUT2D eigenvalue weighted by Gasteiger charge is 2.40. The van der Waals surface area contributed by atoms with Gasteiger partial charge in [-0.1, -0.05) is 5.21 Å². The number of hydrogen-bond donors (Lipinski definition) is 0. The van der Waals surface area contributed by atoms with Crippen LogP contribution in [-0.2, 0) is 33.7 Å². The Balaban J connectivity index is 2.08. The van der Waals surface area contributed by atoms with Crippen molar-refractivity contribution in [1.82, 2.24) is 15.0 Å². The molecule has 0 aliphatic heterocycles. The van der Waals surface area contributed by atoms with E-state index in [2.05, 4.69) is 15.0 Å². The third kappa shape index (κ3) is 3.12. The number of aryl methyl sites for hydroxylation is 1. The first-order valence-corrected chi connectivity index (χ1v) is 6.39. The molecule has 0 radical (unpaired) electrons. The van der Waals surface area contributed by atoms with Crippen LogP contribution >= 0.6 is 0 Å². The number of fused-ring (bicyclic) bond motifs is 1. The van der Waals surface area contributed by atoms with Gasteiger partial charge < -0.3 is 9.47 Å². The van der Waals surface area contributed by atoms with Gasteiger partial charge in [-0.05, 0) is 19.3 Å². The Morgan fingerprint density at radius 2 is 2.25 bits per heavy atom. The molecule has 1 heterocycles. The van der Waals surface area contributed by atoms with Gasteiger partial charge in [0.1, 0.15) is 6.61 Å². The van der Waals surface area contributed by atoms with E-state index in [1.54, 1.807) is 7.05 Å². The zero-order valence-electron chi connectivity index (χ0n) is 11.4. The van der Waals surface area contributed by atoms with E-state index in [1.165, 1.54) is 11.8 Å². The van der Waals surface area contributed by atoms with Crippen molar-refractivity contribution in [2.45, 2.75) is 37.7 Å². The second kappa shape index (κ2) is 5.82. The standard InChI is InChI=1S/C12H17F2N3O3/c1-17-9-4-3-8(20-7-10(18)19-2)5-6-12(13,14)11(9)15-16-17/h8H,3-7H2,1-2H3. The molecule has 0 amide bonds. The summed E-state index contributed by atoms with van der Waals surface area (Å²) in [6, 6.07) is 0. The molecule has 20 heavy (non-hydrogen) atoms. The first kappa shape index (κ1) is 14.8. The maximum Gasteiger partial charge on any atom is 0.331 e. The average molecular weight is 289 g/mol. The van der Waals surface area contributed by atoms with E-state index in [9.17, 15) is 13.6 Å². The van der Waals surface area contributed by atoms with Crippen LogP contribution in [0.25, 0.3) is 0 Å². The smallest absolute Gasteiger partial charge is 0.331 e. The van der Waals surface area contributed by atoms with E-state index >= 15 is 0 Å². The fourth-order valence-electron chi connectivity index (χ4n) is 2.26. The van der Waals surface area contributed by atoms with Gasteiger partial charge in [-0.2, -0.15) is 8.78 Å². The molecular formula is C12H17F2N3O3. The molecule has 0 spiro atoms. The number of carbonyl (C=O) groups excluding carboxylic acids is 1. The Kier molecular flexibility index (Phi) is 4.32. The number of methoxy groups -OCH3 is 1. The van der Waals surface area contributed by atoms with Crippen molar-refractivity contribution in [1.29, 1.82) is 0 Å². The van der Waals surface area contributed by atoms with Crippen LogP contribution in [0.4, 0.5) is 8.78 Å². The molecule has 1 atom stereocenters. The largest absolute Gasteiger partial charge is 0.467 e. The molecule has 0 saturated heterocycles. The topological polar surface area (TPSA) is 66.2 Å². The molecule has 1 aliphatic carbocycles. The Morgan fingerprint density at radius 1 is 1.50 bits per heavy atom. The van der Waals surface area contributed by atoms with Crippen molar-refractivity contribution >= 4 is 5.97 Å². The van der Waals surface area contributed by atoms with Crippen LogP contribution in [0.15, 0.2) is 0 Å². The molecule has 2 rings (SSSR count). The fourth-order valence-corrected chi connectivity index (χ4v) is 2.26. The molecule has 1 unspecified atom stereocenters. The number of aromatic nitrogens is 3. The summed E-state index contributed by atoms with van der Waals surface area (Å²) in [5.41, 5.74) is 0.174. The number of ether oxygens (including phenoxy) is 2. The summed E-state index contributed by atoms with van der Waals surface area (Å²) < 4.78 is 39.2. The van der Waals surface area contributed by atoms with Crippen LogP contribution < -0.4 is 0 Å². The maximum absolute atomic E-state index is 14.0. The average Bonchev–Trinajstić information content (AvgIpc) is 2.77. The third-order valence-corrected chi connectivity index (χ3v) is 3.44. The molecule has 112 valence electrons. The third-order valence-electron chi connectivity index (χ3n) is 3.44. The highest BCUT2D eigenvalue weighted by molar-refractivity contribution is 5.70. The van der Waals surface area contributed by atoms with Gasteiger partial charge in [-0.15, -0.1) is 5.10 Å². The minimum Gasteiger partial charge on any atom is -0.467 e. The van der Waals surface area contributed by atoms with Crippen LogP contribution in [0.3, 0.4) is 0 Å². The molecule has 0 saturated carbocycles. The zero-order chi connectivity index (χ0) is 14.8. The lowest BCUT2D eigenvalue weighted by Crippen LogP contribution is -2.27. The summed E-state index contributed by atoms with van der Waals surface area (Å²) in [4.78, 5) is 11.0. The molecule has 0 N–H and O–H groups in total. The first-order chi connectivity index (χ1) is 9.44. The molecule has 0 bridgehead atoms. The predicted molar refractivity (Wildman–Crippen MR) is 64.2 cm³/mol.